The summed E-state index contributed by atoms with van der Waals surface area (Å²) in [5.41, 5.74) is 2.26. The lowest BCUT2D eigenvalue weighted by atomic mass is 10.1. The first-order valence-corrected chi connectivity index (χ1v) is 6.37. The summed E-state index contributed by atoms with van der Waals surface area (Å²) in [6.07, 6.45) is 0.0815. The summed E-state index contributed by atoms with van der Waals surface area (Å²) in [5, 5.41) is 3.39. The Labute approximate surface area is 109 Å². The van der Waals surface area contributed by atoms with Crippen LogP contribution in [-0.4, -0.2) is 6.54 Å². The molecule has 2 aromatic rings. The zero-order valence-corrected chi connectivity index (χ0v) is 10.8. The van der Waals surface area contributed by atoms with E-state index in [0.717, 1.165) is 22.5 Å². The molecule has 1 atom stereocenters. The highest BCUT2D eigenvalue weighted by atomic mass is 79.9. The molecule has 3 heteroatoms. The average molecular weight is 290 g/mol. The third-order valence-corrected chi connectivity index (χ3v) is 3.40. The highest BCUT2D eigenvalue weighted by molar-refractivity contribution is 9.10. The van der Waals surface area contributed by atoms with Gasteiger partial charge in [0.2, 0.25) is 0 Å². The number of hydrogen-bond acceptors (Lipinski definition) is 2. The van der Waals surface area contributed by atoms with E-state index in [0.29, 0.717) is 0 Å². The van der Waals surface area contributed by atoms with Crippen molar-refractivity contribution in [3.63, 3.8) is 0 Å². The molecule has 0 saturated heterocycles. The Morgan fingerprint density at radius 2 is 1.82 bits per heavy atom. The van der Waals surface area contributed by atoms with Gasteiger partial charge in [0.1, 0.15) is 11.9 Å². The van der Waals surface area contributed by atoms with Gasteiger partial charge < -0.3 is 10.1 Å². The van der Waals surface area contributed by atoms with Crippen LogP contribution in [0.3, 0.4) is 0 Å². The minimum Gasteiger partial charge on any atom is -0.482 e. The smallest absolute Gasteiger partial charge is 0.143 e. The Morgan fingerprint density at radius 3 is 2.65 bits per heavy atom. The molecule has 0 bridgehead atoms. The molecule has 0 amide bonds. The van der Waals surface area contributed by atoms with E-state index in [-0.39, 0.29) is 6.10 Å². The molecule has 1 N–H and O–H groups in total. The minimum absolute atomic E-state index is 0.0815. The van der Waals surface area contributed by atoms with E-state index in [1.807, 2.05) is 36.4 Å². The van der Waals surface area contributed by atoms with Crippen molar-refractivity contribution >= 4 is 21.6 Å². The van der Waals surface area contributed by atoms with Crippen LogP contribution in [-0.2, 0) is 0 Å². The summed E-state index contributed by atoms with van der Waals surface area (Å²) in [7, 11) is 0. The van der Waals surface area contributed by atoms with Crippen LogP contribution >= 0.6 is 15.9 Å². The van der Waals surface area contributed by atoms with Crippen molar-refractivity contribution in [1.29, 1.82) is 0 Å². The molecule has 3 rings (SSSR count). The van der Waals surface area contributed by atoms with Gasteiger partial charge in [0.15, 0.2) is 0 Å². The predicted octanol–water partition coefficient (Wildman–Crippen LogP) is 3.99. The average Bonchev–Trinajstić information content (AvgIpc) is 2.39. The zero-order valence-electron chi connectivity index (χ0n) is 9.19. The molecular weight excluding hydrogens is 278 g/mol. The molecule has 1 aliphatic heterocycles. The van der Waals surface area contributed by atoms with Gasteiger partial charge in [0.25, 0.3) is 0 Å². The first-order chi connectivity index (χ1) is 8.33. The lowest BCUT2D eigenvalue weighted by Gasteiger charge is -2.27. The molecular formula is C14H12BrNO. The van der Waals surface area contributed by atoms with E-state index in [4.69, 9.17) is 4.74 Å². The summed E-state index contributed by atoms with van der Waals surface area (Å²) in [4.78, 5) is 0. The van der Waals surface area contributed by atoms with Gasteiger partial charge in [-0.05, 0) is 29.8 Å². The molecule has 1 unspecified atom stereocenters. The van der Waals surface area contributed by atoms with Crippen molar-refractivity contribution in [3.05, 3.63) is 58.6 Å². The van der Waals surface area contributed by atoms with E-state index in [9.17, 15) is 0 Å². The predicted molar refractivity (Wildman–Crippen MR) is 72.4 cm³/mol. The molecule has 2 nitrogen and oxygen atoms in total. The number of benzene rings is 2. The Kier molecular flexibility index (Phi) is 2.77. The second kappa shape index (κ2) is 4.41. The zero-order chi connectivity index (χ0) is 11.7. The van der Waals surface area contributed by atoms with Gasteiger partial charge in [-0.15, -0.1) is 0 Å². The van der Waals surface area contributed by atoms with E-state index in [1.165, 1.54) is 5.56 Å². The largest absolute Gasteiger partial charge is 0.482 e. The number of ether oxygens (including phenoxy) is 1. The molecule has 0 spiro atoms. The van der Waals surface area contributed by atoms with Crippen molar-refractivity contribution in [2.24, 2.45) is 0 Å². The van der Waals surface area contributed by atoms with Crippen LogP contribution in [0.25, 0.3) is 0 Å². The van der Waals surface area contributed by atoms with Crippen LogP contribution in [0.2, 0.25) is 0 Å². The second-order valence-corrected chi connectivity index (χ2v) is 4.95. The Bertz CT molecular complexity index is 524. The Morgan fingerprint density at radius 1 is 1.06 bits per heavy atom. The molecule has 0 saturated carbocycles. The van der Waals surface area contributed by atoms with Crippen LogP contribution in [0, 0.1) is 0 Å². The van der Waals surface area contributed by atoms with Crippen molar-refractivity contribution in [2.45, 2.75) is 6.10 Å². The number of para-hydroxylation sites is 2. The molecule has 1 aliphatic rings. The summed E-state index contributed by atoms with van der Waals surface area (Å²) < 4.78 is 7.07. The standard InChI is InChI=1S/C14H12BrNO/c15-11-7-5-10(6-8-11)14-9-16-12-3-1-2-4-13(12)17-14/h1-8,14,16H,9H2. The summed E-state index contributed by atoms with van der Waals surface area (Å²) in [6, 6.07) is 16.3. The van der Waals surface area contributed by atoms with Crippen molar-refractivity contribution in [3.8, 4) is 5.75 Å². The minimum atomic E-state index is 0.0815. The first kappa shape index (κ1) is 10.7. The number of nitrogens with one attached hydrogen (secondary N) is 1. The maximum Gasteiger partial charge on any atom is 0.143 e. The molecule has 2 aromatic carbocycles. The number of halogens is 1. The van der Waals surface area contributed by atoms with Gasteiger partial charge in [0.05, 0.1) is 12.2 Å². The number of rotatable bonds is 1. The molecule has 17 heavy (non-hydrogen) atoms. The van der Waals surface area contributed by atoms with Crippen molar-refractivity contribution in [1.82, 2.24) is 0 Å². The third kappa shape index (κ3) is 2.15. The normalized spacial score (nSPS) is 17.8. The van der Waals surface area contributed by atoms with Crippen molar-refractivity contribution in [2.75, 3.05) is 11.9 Å². The fourth-order valence-corrected chi connectivity index (χ4v) is 2.24. The van der Waals surface area contributed by atoms with Gasteiger partial charge in [-0.3, -0.25) is 0 Å². The van der Waals surface area contributed by atoms with Crippen LogP contribution < -0.4 is 10.1 Å². The van der Waals surface area contributed by atoms with Gasteiger partial charge in [-0.1, -0.05) is 40.2 Å². The molecule has 1 heterocycles. The second-order valence-electron chi connectivity index (χ2n) is 4.04. The molecule has 0 fully saturated rings. The maximum atomic E-state index is 5.98. The third-order valence-electron chi connectivity index (χ3n) is 2.88. The van der Waals surface area contributed by atoms with Gasteiger partial charge >= 0.3 is 0 Å². The quantitative estimate of drug-likeness (QED) is 0.857. The number of hydrogen-bond donors (Lipinski definition) is 1. The summed E-state index contributed by atoms with van der Waals surface area (Å²) in [5.74, 6) is 0.923. The van der Waals surface area contributed by atoms with E-state index >= 15 is 0 Å². The fourth-order valence-electron chi connectivity index (χ4n) is 1.98. The van der Waals surface area contributed by atoms with Gasteiger partial charge in [0, 0.05) is 4.47 Å². The van der Waals surface area contributed by atoms with E-state index in [1.54, 1.807) is 0 Å². The number of fused-ring (bicyclic) bond motifs is 1. The van der Waals surface area contributed by atoms with E-state index < -0.39 is 0 Å². The van der Waals surface area contributed by atoms with Gasteiger partial charge in [-0.2, -0.15) is 0 Å². The van der Waals surface area contributed by atoms with Crippen LogP contribution in [0.1, 0.15) is 11.7 Å². The fraction of sp³-hybridized carbons (Fsp3) is 0.143. The molecule has 0 radical (unpaired) electrons. The highest BCUT2D eigenvalue weighted by Gasteiger charge is 2.19. The molecule has 0 aromatic heterocycles. The number of anilines is 1. The van der Waals surface area contributed by atoms with Crippen molar-refractivity contribution < 1.29 is 4.74 Å². The van der Waals surface area contributed by atoms with Gasteiger partial charge in [-0.25, -0.2) is 0 Å². The molecule has 86 valence electrons. The Balaban J connectivity index is 1.86. The topological polar surface area (TPSA) is 21.3 Å². The first-order valence-electron chi connectivity index (χ1n) is 5.58. The van der Waals surface area contributed by atoms with Crippen LogP contribution in [0.15, 0.2) is 53.0 Å². The lowest BCUT2D eigenvalue weighted by Crippen LogP contribution is -2.23. The molecule has 0 aliphatic carbocycles. The lowest BCUT2D eigenvalue weighted by molar-refractivity contribution is 0.210. The van der Waals surface area contributed by atoms with Crippen LogP contribution in [0.4, 0.5) is 5.69 Å². The Hall–Kier alpha value is -1.48. The van der Waals surface area contributed by atoms with E-state index in [2.05, 4.69) is 33.4 Å². The van der Waals surface area contributed by atoms with Crippen LogP contribution in [0.5, 0.6) is 5.75 Å². The summed E-state index contributed by atoms with van der Waals surface area (Å²) in [6.45, 7) is 0.804. The summed E-state index contributed by atoms with van der Waals surface area (Å²) >= 11 is 3.44. The monoisotopic (exact) mass is 289 g/mol. The highest BCUT2D eigenvalue weighted by Crippen LogP contribution is 2.33. The SMILES string of the molecule is Brc1ccc(C2CNc3ccccc3O2)cc1. The maximum absolute atomic E-state index is 5.98.